The summed E-state index contributed by atoms with van der Waals surface area (Å²) in [5.41, 5.74) is 6.56. The van der Waals surface area contributed by atoms with E-state index in [1.807, 2.05) is 24.3 Å². The second-order valence-electron chi connectivity index (χ2n) is 26.9. The van der Waals surface area contributed by atoms with Crippen molar-refractivity contribution in [1.82, 2.24) is 9.44 Å². The molecule has 21 nitrogen and oxygen atoms in total. The lowest BCUT2D eigenvalue weighted by atomic mass is 9.79. The molecule has 2 N–H and O–H groups in total. The summed E-state index contributed by atoms with van der Waals surface area (Å²) >= 11 is 0. The van der Waals surface area contributed by atoms with Crippen LogP contribution >= 0.6 is 0 Å². The zero-order valence-electron chi connectivity index (χ0n) is 53.8. The van der Waals surface area contributed by atoms with Gasteiger partial charge in [-0.3, -0.25) is 29.8 Å². The molecule has 10 bridgehead atoms. The normalized spacial score (nSPS) is 14.9. The van der Waals surface area contributed by atoms with E-state index in [1.165, 1.54) is 0 Å². The molecule has 23 heteroatoms. The van der Waals surface area contributed by atoms with Gasteiger partial charge in [-0.1, -0.05) is 132 Å². The summed E-state index contributed by atoms with van der Waals surface area (Å²) in [6, 6.07) is 24.7. The quantitative estimate of drug-likeness (QED) is 0.0849. The third kappa shape index (κ3) is 17.8. The average Bonchev–Trinajstić information content (AvgIpc) is 0.887. The Bertz CT molecular complexity index is 3680. The molecule has 0 spiro atoms. The number of sulfonamides is 2. The van der Waals surface area contributed by atoms with Gasteiger partial charge in [0.2, 0.25) is 0 Å². The molecule has 0 radical (unpaired) electrons. The summed E-state index contributed by atoms with van der Waals surface area (Å²) in [7, 11) is -9.15. The number of nitro benzene ring substituents is 2. The molecule has 91 heavy (non-hydrogen) atoms. The Balaban J connectivity index is 1.41. The summed E-state index contributed by atoms with van der Waals surface area (Å²) in [5.74, 6) is -0.483. The Kier molecular flexibility index (Phi) is 21.1. The van der Waals surface area contributed by atoms with Gasteiger partial charge < -0.3 is 33.2 Å². The monoisotopic (exact) mass is 1290 g/mol. The van der Waals surface area contributed by atoms with Crippen molar-refractivity contribution < 1.29 is 69.4 Å². The second-order valence-corrected chi connectivity index (χ2v) is 30.2. The van der Waals surface area contributed by atoms with Gasteiger partial charge in [-0.25, -0.2) is 26.3 Å². The van der Waals surface area contributed by atoms with Gasteiger partial charge in [-0.15, -0.1) is 0 Å². The van der Waals surface area contributed by atoms with E-state index in [1.54, 1.807) is 0 Å². The predicted octanol–water partition coefficient (Wildman–Crippen LogP) is 11.0. The maximum Gasteiger partial charge on any atom is 0.271 e. The number of rotatable bonds is 12. The lowest BCUT2D eigenvalue weighted by molar-refractivity contribution is -0.385. The van der Waals surface area contributed by atoms with Crippen LogP contribution in [0.1, 0.15) is 150 Å². The van der Waals surface area contributed by atoms with Crippen LogP contribution in [0, 0.1) is 20.2 Å². The molecule has 1 heterocycles. The highest BCUT2D eigenvalue weighted by Gasteiger charge is 2.31. The van der Waals surface area contributed by atoms with Gasteiger partial charge >= 0.3 is 0 Å². The number of benzene rings is 6. The van der Waals surface area contributed by atoms with Crippen LogP contribution in [0.4, 0.5) is 11.4 Å². The number of nitro groups is 2. The highest BCUT2D eigenvalue weighted by molar-refractivity contribution is 7.90. The number of carbonyl (C=O) groups is 2. The number of fused-ring (bicyclic) bond motifs is 4. The van der Waals surface area contributed by atoms with Crippen LogP contribution in [-0.2, 0) is 91.2 Å². The van der Waals surface area contributed by atoms with Gasteiger partial charge in [-0.2, -0.15) is 0 Å². The van der Waals surface area contributed by atoms with Crippen molar-refractivity contribution in [1.29, 1.82) is 0 Å². The van der Waals surface area contributed by atoms with Crippen molar-refractivity contribution in [3.05, 3.63) is 184 Å². The molecule has 0 saturated heterocycles. The molecule has 1 aliphatic heterocycles. The van der Waals surface area contributed by atoms with E-state index in [2.05, 4.69) is 117 Å². The molecular formula is C68H82N4O17S2. The fraction of sp³-hybridized carbons (Fsp3) is 0.441. The molecule has 0 atom stereocenters. The van der Waals surface area contributed by atoms with Crippen molar-refractivity contribution in [2.24, 2.45) is 0 Å². The first-order valence-electron chi connectivity index (χ1n) is 30.1. The smallest absolute Gasteiger partial charge is 0.271 e. The van der Waals surface area contributed by atoms with E-state index in [0.29, 0.717) is 66.6 Å². The number of carbonyl (C=O) groups excluding carboxylic acids is 2. The minimum Gasteiger partial charge on any atom is -0.491 e. The molecule has 6 aromatic rings. The van der Waals surface area contributed by atoms with Gasteiger partial charge in [0.1, 0.15) is 36.2 Å². The molecule has 0 saturated carbocycles. The Morgan fingerprint density at radius 3 is 0.923 bits per heavy atom. The summed E-state index contributed by atoms with van der Waals surface area (Å²) < 4.78 is 104. The fourth-order valence-electron chi connectivity index (χ4n) is 10.6. The number of amides is 2. The van der Waals surface area contributed by atoms with Crippen LogP contribution < -0.4 is 28.4 Å². The molecule has 1 aliphatic carbocycles. The Labute approximate surface area is 532 Å². The van der Waals surface area contributed by atoms with Crippen molar-refractivity contribution in [2.75, 3.05) is 66.1 Å². The van der Waals surface area contributed by atoms with Gasteiger partial charge in [0.15, 0.2) is 13.2 Å². The van der Waals surface area contributed by atoms with Gasteiger partial charge in [0, 0.05) is 49.9 Å². The first-order valence-corrected chi connectivity index (χ1v) is 33.0. The van der Waals surface area contributed by atoms with Gasteiger partial charge in [-0.05, 0) is 113 Å². The van der Waals surface area contributed by atoms with Crippen molar-refractivity contribution in [3.63, 3.8) is 0 Å². The number of ether oxygens (including phenoxy) is 7. The zero-order valence-corrected chi connectivity index (χ0v) is 55.4. The number of hydrogen-bond acceptors (Lipinski definition) is 17. The number of nitrogens with one attached hydrogen (secondary N) is 2. The van der Waals surface area contributed by atoms with Crippen molar-refractivity contribution >= 4 is 43.2 Å². The van der Waals surface area contributed by atoms with E-state index in [9.17, 15) is 46.7 Å². The third-order valence-electron chi connectivity index (χ3n) is 15.6. The topological polar surface area (TPSA) is 277 Å². The van der Waals surface area contributed by atoms with Gasteiger partial charge in [0.25, 0.3) is 43.2 Å². The first kappa shape index (κ1) is 68.9. The van der Waals surface area contributed by atoms with Crippen molar-refractivity contribution in [2.45, 2.75) is 140 Å². The second kappa shape index (κ2) is 27.9. The minimum atomic E-state index is -4.57. The summed E-state index contributed by atoms with van der Waals surface area (Å²) in [5, 5.41) is 22.9. The van der Waals surface area contributed by atoms with E-state index < -0.39 is 86.4 Å². The molecule has 0 fully saturated rings. The summed E-state index contributed by atoms with van der Waals surface area (Å²) in [4.78, 5) is 49.0. The van der Waals surface area contributed by atoms with E-state index >= 15 is 0 Å². The molecule has 0 aromatic heterocycles. The van der Waals surface area contributed by atoms with Crippen LogP contribution in [0.15, 0.2) is 107 Å². The average molecular weight is 1290 g/mol. The number of non-ortho nitro benzene ring substituents is 2. The third-order valence-corrected chi connectivity index (χ3v) is 18.3. The largest absolute Gasteiger partial charge is 0.491 e. The highest BCUT2D eigenvalue weighted by Crippen LogP contribution is 2.45. The summed E-state index contributed by atoms with van der Waals surface area (Å²) in [6.45, 7) is 25.5. The standard InChI is InChI=1S/C68H82N4O17S2/c1-65(2,3)51-33-43-29-44-34-52(66(4,5)6)36-46-31-48-38-54(68(10,11)12)40-50(64(48)89-42-60(74)70-91(81,82)58-19-15-56(16-20-58)72(77)78)32-49-39-53(67(7,8)9)37-47(63(49)88-41-59(73)69-90(79,80)57-17-13-55(14-18-57)71(75)76)30-45(35-51)61(43)86-27-25-84-23-21-83-22-24-85-26-28-87-62(44)46/h13-20,33-40H,21-32,41-42H2,1-12H3,(H,69,73)(H,70,74). The Morgan fingerprint density at radius 1 is 0.418 bits per heavy atom. The van der Waals surface area contributed by atoms with Crippen LogP contribution in [0.5, 0.6) is 23.0 Å². The molecule has 2 aliphatic rings. The SMILES string of the molecule is CC(C)(C)c1cc2c3c(c1)Cc1cc(C(C)(C)C)cc(c1OCC(=O)NS(=O)(=O)c1ccc([N+](=O)[O-])cc1)Cc1cc(C(C)(C)C)cc(c1OCC(=O)NS(=O)(=O)c1ccc([N+](=O)[O-])cc1)Cc1cc(C(C)(C)C)cc(c1OCCOCCOCCOCCO3)C2. The summed E-state index contributed by atoms with van der Waals surface area (Å²) in [6.07, 6.45) is 0.581. The Hall–Kier alpha value is -7.96. The number of hydrogen-bond donors (Lipinski definition) is 2. The molecule has 488 valence electrons. The van der Waals surface area contributed by atoms with Crippen LogP contribution in [-0.4, -0.2) is 105 Å². The van der Waals surface area contributed by atoms with E-state index in [-0.39, 0.29) is 68.6 Å². The first-order chi connectivity index (χ1) is 42.6. The predicted molar refractivity (Wildman–Crippen MR) is 343 cm³/mol. The molecule has 6 aromatic carbocycles. The van der Waals surface area contributed by atoms with Gasteiger partial charge in [0.05, 0.1) is 59.3 Å². The maximum atomic E-state index is 14.1. The zero-order chi connectivity index (χ0) is 66.4. The maximum absolute atomic E-state index is 14.1. The van der Waals surface area contributed by atoms with Crippen molar-refractivity contribution in [3.8, 4) is 23.0 Å². The molecule has 8 rings (SSSR count). The van der Waals surface area contributed by atoms with Crippen LogP contribution in [0.25, 0.3) is 0 Å². The number of nitrogens with zero attached hydrogens (tertiary/aromatic N) is 2. The lowest BCUT2D eigenvalue weighted by Crippen LogP contribution is -2.34. The fourth-order valence-corrected chi connectivity index (χ4v) is 12.5. The highest BCUT2D eigenvalue weighted by atomic mass is 32.2. The Morgan fingerprint density at radius 2 is 0.659 bits per heavy atom. The molecule has 0 unspecified atom stereocenters. The minimum absolute atomic E-state index is 0.00437. The van der Waals surface area contributed by atoms with E-state index in [0.717, 1.165) is 93.0 Å². The van der Waals surface area contributed by atoms with E-state index in [4.69, 9.17) is 33.2 Å². The molecular weight excluding hydrogens is 1210 g/mol. The lowest BCUT2D eigenvalue weighted by Gasteiger charge is -2.29. The molecule has 2 amide bonds. The van der Waals surface area contributed by atoms with Crippen LogP contribution in [0.3, 0.4) is 0 Å². The van der Waals surface area contributed by atoms with Crippen LogP contribution in [0.2, 0.25) is 0 Å².